The molecule has 1 heterocycles. The fourth-order valence-corrected chi connectivity index (χ4v) is 3.83. The topological polar surface area (TPSA) is 55.5 Å². The predicted molar refractivity (Wildman–Crippen MR) is 79.7 cm³/mol. The van der Waals surface area contributed by atoms with Crippen LogP contribution >= 0.6 is 0 Å². The number of hydrogen-bond donors (Lipinski definition) is 2. The maximum atomic E-state index is 10.9. The Labute approximate surface area is 121 Å². The molecule has 1 aromatic rings. The Morgan fingerprint density at radius 1 is 1.25 bits per heavy atom. The first-order valence-corrected chi connectivity index (χ1v) is 7.84. The van der Waals surface area contributed by atoms with E-state index in [1.807, 2.05) is 18.2 Å². The first kappa shape index (κ1) is 13.9. The number of aliphatic hydroxyl groups is 1. The highest BCUT2D eigenvalue weighted by atomic mass is 16.5. The van der Waals surface area contributed by atoms with Crippen LogP contribution in [0.25, 0.3) is 0 Å². The third-order valence-corrected chi connectivity index (χ3v) is 5.16. The Morgan fingerprint density at radius 3 is 2.75 bits per heavy atom. The van der Waals surface area contributed by atoms with Crippen molar-refractivity contribution in [2.24, 2.45) is 17.1 Å². The summed E-state index contributed by atoms with van der Waals surface area (Å²) in [4.78, 5) is 0. The van der Waals surface area contributed by atoms with Gasteiger partial charge in [0.2, 0.25) is 0 Å². The van der Waals surface area contributed by atoms with E-state index in [-0.39, 0.29) is 11.5 Å². The number of rotatable bonds is 3. The van der Waals surface area contributed by atoms with Crippen LogP contribution in [0.4, 0.5) is 0 Å². The molecule has 3 N–H and O–H groups in total. The molecule has 3 rings (SSSR count). The number of aliphatic hydroxyl groups excluding tert-OH is 1. The lowest BCUT2D eigenvalue weighted by Gasteiger charge is -2.44. The van der Waals surface area contributed by atoms with Crippen molar-refractivity contribution in [2.75, 3.05) is 13.2 Å². The summed E-state index contributed by atoms with van der Waals surface area (Å²) in [6.07, 6.45) is 6.52. The molecule has 2 unspecified atom stereocenters. The number of hydrogen-bond acceptors (Lipinski definition) is 3. The number of para-hydroxylation sites is 1. The van der Waals surface area contributed by atoms with Gasteiger partial charge in [-0.1, -0.05) is 37.5 Å². The van der Waals surface area contributed by atoms with Crippen molar-refractivity contribution in [2.45, 2.75) is 44.6 Å². The molecule has 1 aromatic carbocycles. The second-order valence-electron chi connectivity index (χ2n) is 6.48. The molecule has 2 aliphatic rings. The summed E-state index contributed by atoms with van der Waals surface area (Å²) in [5, 5.41) is 10.9. The average Bonchev–Trinajstić information content (AvgIpc) is 2.54. The zero-order valence-corrected chi connectivity index (χ0v) is 12.1. The van der Waals surface area contributed by atoms with E-state index in [2.05, 4.69) is 6.07 Å². The molecule has 0 aromatic heterocycles. The summed E-state index contributed by atoms with van der Waals surface area (Å²) < 4.78 is 5.90. The van der Waals surface area contributed by atoms with Crippen molar-refractivity contribution < 1.29 is 9.84 Å². The molecule has 0 amide bonds. The van der Waals surface area contributed by atoms with Crippen molar-refractivity contribution >= 4 is 0 Å². The highest BCUT2D eigenvalue weighted by Gasteiger charge is 2.44. The standard InChI is InChI=1S/C17H25NO2/c18-11-17(16(19)13-6-2-1-3-7-13)10-14-8-4-5-9-15(14)20-12-17/h4-5,8-9,13,16,19H,1-3,6-7,10-12,18H2. The second kappa shape index (κ2) is 5.74. The van der Waals surface area contributed by atoms with Crippen LogP contribution in [-0.4, -0.2) is 24.4 Å². The molecule has 0 spiro atoms. The Kier molecular flexibility index (Phi) is 3.99. The zero-order valence-electron chi connectivity index (χ0n) is 12.1. The first-order valence-electron chi connectivity index (χ1n) is 7.84. The maximum Gasteiger partial charge on any atom is 0.122 e. The van der Waals surface area contributed by atoms with Crippen LogP contribution in [0.1, 0.15) is 37.7 Å². The predicted octanol–water partition coefficient (Wildman–Crippen LogP) is 2.51. The minimum Gasteiger partial charge on any atom is -0.493 e. The molecule has 1 fully saturated rings. The maximum absolute atomic E-state index is 10.9. The number of ether oxygens (including phenoxy) is 1. The molecule has 0 saturated heterocycles. The monoisotopic (exact) mass is 275 g/mol. The minimum absolute atomic E-state index is 0.309. The van der Waals surface area contributed by atoms with Crippen molar-refractivity contribution in [1.29, 1.82) is 0 Å². The van der Waals surface area contributed by atoms with E-state index >= 15 is 0 Å². The van der Waals surface area contributed by atoms with E-state index in [0.29, 0.717) is 19.1 Å². The van der Waals surface area contributed by atoms with Gasteiger partial charge in [0.05, 0.1) is 12.7 Å². The smallest absolute Gasteiger partial charge is 0.122 e. The van der Waals surface area contributed by atoms with Crippen LogP contribution in [0, 0.1) is 11.3 Å². The van der Waals surface area contributed by atoms with Crippen LogP contribution in [0.15, 0.2) is 24.3 Å². The summed E-state index contributed by atoms with van der Waals surface area (Å²) >= 11 is 0. The normalized spacial score (nSPS) is 28.5. The summed E-state index contributed by atoms with van der Waals surface area (Å²) in [6.45, 7) is 1.02. The van der Waals surface area contributed by atoms with Gasteiger partial charge in [0.25, 0.3) is 0 Å². The lowest BCUT2D eigenvalue weighted by molar-refractivity contribution is -0.0568. The van der Waals surface area contributed by atoms with Gasteiger partial charge in [0.1, 0.15) is 5.75 Å². The molecule has 1 aliphatic heterocycles. The SMILES string of the molecule is NCC1(C(O)C2CCCCC2)COc2ccccc2C1. The average molecular weight is 275 g/mol. The lowest BCUT2D eigenvalue weighted by atomic mass is 9.68. The number of nitrogens with two attached hydrogens (primary N) is 1. The molecule has 0 radical (unpaired) electrons. The number of fused-ring (bicyclic) bond motifs is 1. The van der Waals surface area contributed by atoms with Gasteiger partial charge in [-0.05, 0) is 36.8 Å². The molecule has 0 bridgehead atoms. The van der Waals surface area contributed by atoms with Gasteiger partial charge in [0, 0.05) is 12.0 Å². The Morgan fingerprint density at radius 2 is 2.00 bits per heavy atom. The third-order valence-electron chi connectivity index (χ3n) is 5.16. The van der Waals surface area contributed by atoms with Crippen LogP contribution in [0.2, 0.25) is 0 Å². The molecule has 3 heteroatoms. The quantitative estimate of drug-likeness (QED) is 0.891. The van der Waals surface area contributed by atoms with Gasteiger partial charge < -0.3 is 15.6 Å². The van der Waals surface area contributed by atoms with E-state index in [4.69, 9.17) is 10.5 Å². The van der Waals surface area contributed by atoms with Crippen LogP contribution in [-0.2, 0) is 6.42 Å². The van der Waals surface area contributed by atoms with Gasteiger partial charge in [0.15, 0.2) is 0 Å². The molecule has 20 heavy (non-hydrogen) atoms. The summed E-state index contributed by atoms with van der Waals surface area (Å²) in [7, 11) is 0. The van der Waals surface area contributed by atoms with Crippen molar-refractivity contribution in [3.63, 3.8) is 0 Å². The van der Waals surface area contributed by atoms with E-state index in [1.165, 1.54) is 24.8 Å². The van der Waals surface area contributed by atoms with Crippen LogP contribution in [0.3, 0.4) is 0 Å². The Bertz CT molecular complexity index is 456. The van der Waals surface area contributed by atoms with E-state index in [1.54, 1.807) is 0 Å². The van der Waals surface area contributed by atoms with Gasteiger partial charge in [-0.15, -0.1) is 0 Å². The summed E-state index contributed by atoms with van der Waals surface area (Å²) in [5.74, 6) is 1.34. The molecular formula is C17H25NO2. The van der Waals surface area contributed by atoms with E-state index < -0.39 is 0 Å². The zero-order chi connectivity index (χ0) is 14.0. The lowest BCUT2D eigenvalue weighted by Crippen LogP contribution is -2.53. The summed E-state index contributed by atoms with van der Waals surface area (Å²) in [5.41, 5.74) is 6.93. The highest BCUT2D eigenvalue weighted by Crippen LogP contribution is 2.41. The molecule has 3 nitrogen and oxygen atoms in total. The van der Waals surface area contributed by atoms with E-state index in [9.17, 15) is 5.11 Å². The molecule has 2 atom stereocenters. The molecule has 1 aliphatic carbocycles. The van der Waals surface area contributed by atoms with Crippen molar-refractivity contribution in [3.05, 3.63) is 29.8 Å². The molecular weight excluding hydrogens is 250 g/mol. The van der Waals surface area contributed by atoms with Gasteiger partial charge in [-0.2, -0.15) is 0 Å². The largest absolute Gasteiger partial charge is 0.493 e. The van der Waals surface area contributed by atoms with Crippen molar-refractivity contribution in [3.8, 4) is 5.75 Å². The van der Waals surface area contributed by atoms with Crippen molar-refractivity contribution in [1.82, 2.24) is 0 Å². The second-order valence-corrected chi connectivity index (χ2v) is 6.48. The highest BCUT2D eigenvalue weighted by molar-refractivity contribution is 5.36. The fraction of sp³-hybridized carbons (Fsp3) is 0.647. The van der Waals surface area contributed by atoms with Crippen LogP contribution in [0.5, 0.6) is 5.75 Å². The summed E-state index contributed by atoms with van der Waals surface area (Å²) in [6, 6.07) is 8.11. The first-order chi connectivity index (χ1) is 9.75. The number of benzene rings is 1. The third kappa shape index (κ3) is 2.45. The Balaban J connectivity index is 1.81. The van der Waals surface area contributed by atoms with Gasteiger partial charge >= 0.3 is 0 Å². The molecule has 110 valence electrons. The Hall–Kier alpha value is -1.06. The fourth-order valence-electron chi connectivity index (χ4n) is 3.83. The van der Waals surface area contributed by atoms with Gasteiger partial charge in [-0.25, -0.2) is 0 Å². The van der Waals surface area contributed by atoms with Gasteiger partial charge in [-0.3, -0.25) is 0 Å². The minimum atomic E-state index is -0.346. The molecule has 1 saturated carbocycles. The van der Waals surface area contributed by atoms with Crippen LogP contribution < -0.4 is 10.5 Å². The van der Waals surface area contributed by atoms with E-state index in [0.717, 1.165) is 25.0 Å².